The average molecular weight is 243 g/mol. The van der Waals surface area contributed by atoms with E-state index in [1.54, 1.807) is 13.1 Å². The SMILES string of the molecule is C.CC(=O)C1C=CC(c2cnccc2C)=CC1C. The van der Waals surface area contributed by atoms with Crippen molar-refractivity contribution in [1.29, 1.82) is 0 Å². The molecule has 0 radical (unpaired) electrons. The summed E-state index contributed by atoms with van der Waals surface area (Å²) in [4.78, 5) is 15.6. The molecule has 0 N–H and O–H groups in total. The molecule has 1 aliphatic carbocycles. The van der Waals surface area contributed by atoms with Crippen molar-refractivity contribution in [2.45, 2.75) is 28.2 Å². The van der Waals surface area contributed by atoms with E-state index in [0.29, 0.717) is 0 Å². The van der Waals surface area contributed by atoms with E-state index in [-0.39, 0.29) is 25.0 Å². The summed E-state index contributed by atoms with van der Waals surface area (Å²) in [6.07, 6.45) is 9.89. The highest BCUT2D eigenvalue weighted by Gasteiger charge is 2.21. The summed E-state index contributed by atoms with van der Waals surface area (Å²) in [6, 6.07) is 2.01. The van der Waals surface area contributed by atoms with Crippen molar-refractivity contribution < 1.29 is 4.79 Å². The van der Waals surface area contributed by atoms with E-state index < -0.39 is 0 Å². The number of ketones is 1. The van der Waals surface area contributed by atoms with Gasteiger partial charge in [0.15, 0.2) is 0 Å². The summed E-state index contributed by atoms with van der Waals surface area (Å²) in [5.41, 5.74) is 3.53. The lowest BCUT2D eigenvalue weighted by molar-refractivity contribution is -0.120. The number of aryl methyl sites for hydroxylation is 1. The molecule has 2 heteroatoms. The number of rotatable bonds is 2. The van der Waals surface area contributed by atoms with E-state index in [1.807, 2.05) is 24.4 Å². The van der Waals surface area contributed by atoms with Gasteiger partial charge >= 0.3 is 0 Å². The van der Waals surface area contributed by atoms with Gasteiger partial charge in [-0.05, 0) is 37.0 Å². The molecule has 0 saturated heterocycles. The number of hydrogen-bond acceptors (Lipinski definition) is 2. The topological polar surface area (TPSA) is 30.0 Å². The molecule has 0 saturated carbocycles. The zero-order valence-electron chi connectivity index (χ0n) is 10.5. The average Bonchev–Trinajstić information content (AvgIpc) is 2.29. The predicted octanol–water partition coefficient (Wildman–Crippen LogP) is 3.82. The van der Waals surface area contributed by atoms with Gasteiger partial charge in [0.25, 0.3) is 0 Å². The molecule has 2 rings (SSSR count). The molecular formula is C16H21NO. The summed E-state index contributed by atoms with van der Waals surface area (Å²) < 4.78 is 0. The molecule has 2 atom stereocenters. The van der Waals surface area contributed by atoms with Gasteiger partial charge in [-0.2, -0.15) is 0 Å². The van der Waals surface area contributed by atoms with Crippen molar-refractivity contribution in [1.82, 2.24) is 4.98 Å². The smallest absolute Gasteiger partial charge is 0.137 e. The molecule has 2 nitrogen and oxygen atoms in total. The number of aromatic nitrogens is 1. The maximum Gasteiger partial charge on any atom is 0.137 e. The number of carbonyl (C=O) groups excluding carboxylic acids is 1. The molecule has 1 heterocycles. The van der Waals surface area contributed by atoms with Gasteiger partial charge in [-0.15, -0.1) is 0 Å². The Kier molecular flexibility index (Phi) is 4.60. The van der Waals surface area contributed by atoms with Gasteiger partial charge in [0.05, 0.1) is 0 Å². The second kappa shape index (κ2) is 5.76. The van der Waals surface area contributed by atoms with Gasteiger partial charge in [-0.1, -0.05) is 32.6 Å². The van der Waals surface area contributed by atoms with Gasteiger partial charge in [0.1, 0.15) is 5.78 Å². The molecule has 0 bridgehead atoms. The van der Waals surface area contributed by atoms with Crippen molar-refractivity contribution in [2.75, 3.05) is 0 Å². The summed E-state index contributed by atoms with van der Waals surface area (Å²) in [5.74, 6) is 0.509. The fraction of sp³-hybridized carbons (Fsp3) is 0.375. The first kappa shape index (κ1) is 14.4. The van der Waals surface area contributed by atoms with Crippen molar-refractivity contribution in [3.63, 3.8) is 0 Å². The summed E-state index contributed by atoms with van der Waals surface area (Å²) in [6.45, 7) is 5.81. The van der Waals surface area contributed by atoms with Crippen LogP contribution < -0.4 is 0 Å². The number of carbonyl (C=O) groups is 1. The van der Waals surface area contributed by atoms with Crippen LogP contribution >= 0.6 is 0 Å². The highest BCUT2D eigenvalue weighted by molar-refractivity contribution is 5.85. The first-order valence-electron chi connectivity index (χ1n) is 5.91. The lowest BCUT2D eigenvalue weighted by Crippen LogP contribution is -2.18. The maximum absolute atomic E-state index is 11.4. The molecule has 18 heavy (non-hydrogen) atoms. The zero-order valence-corrected chi connectivity index (χ0v) is 10.5. The molecule has 1 aliphatic rings. The summed E-state index contributed by atoms with van der Waals surface area (Å²) >= 11 is 0. The van der Waals surface area contributed by atoms with Crippen molar-refractivity contribution in [2.24, 2.45) is 11.8 Å². The normalized spacial score (nSPS) is 22.1. The van der Waals surface area contributed by atoms with Crippen molar-refractivity contribution in [3.05, 3.63) is 47.8 Å². The molecule has 0 amide bonds. The van der Waals surface area contributed by atoms with Crippen molar-refractivity contribution >= 4 is 11.4 Å². The quantitative estimate of drug-likeness (QED) is 0.790. The first-order chi connectivity index (χ1) is 8.09. The minimum absolute atomic E-state index is 0. The first-order valence-corrected chi connectivity index (χ1v) is 5.91. The van der Waals surface area contributed by atoms with E-state index in [2.05, 4.69) is 24.9 Å². The molecule has 1 aromatic heterocycles. The maximum atomic E-state index is 11.4. The minimum Gasteiger partial charge on any atom is -0.299 e. The molecule has 0 fully saturated rings. The van der Waals surface area contributed by atoms with E-state index in [1.165, 1.54) is 11.1 Å². The number of hydrogen-bond donors (Lipinski definition) is 0. The van der Waals surface area contributed by atoms with E-state index in [0.717, 1.165) is 5.56 Å². The van der Waals surface area contributed by atoms with E-state index in [4.69, 9.17) is 0 Å². The van der Waals surface area contributed by atoms with Crippen LogP contribution in [0.2, 0.25) is 0 Å². The molecule has 0 aliphatic heterocycles. The van der Waals surface area contributed by atoms with Crippen LogP contribution in [0.4, 0.5) is 0 Å². The minimum atomic E-state index is 0. The number of nitrogens with zero attached hydrogens (tertiary/aromatic N) is 1. The standard InChI is InChI=1S/C15H17NO.CH4/c1-10-6-7-16-9-15(10)13-4-5-14(12(3)17)11(2)8-13;/h4-9,11,14H,1-3H3;1H4. The Morgan fingerprint density at radius 2 is 2.11 bits per heavy atom. The second-order valence-electron chi connectivity index (χ2n) is 4.67. The van der Waals surface area contributed by atoms with Crippen LogP contribution in [-0.2, 0) is 4.79 Å². The zero-order chi connectivity index (χ0) is 12.4. The van der Waals surface area contributed by atoms with Crippen LogP contribution in [0.25, 0.3) is 5.57 Å². The third kappa shape index (κ3) is 2.76. The number of Topliss-reactive ketones (excluding diaryl/α,β-unsaturated/α-hetero) is 1. The highest BCUT2D eigenvalue weighted by atomic mass is 16.1. The highest BCUT2D eigenvalue weighted by Crippen LogP contribution is 2.29. The molecular weight excluding hydrogens is 222 g/mol. The lowest BCUT2D eigenvalue weighted by Gasteiger charge is -2.21. The Morgan fingerprint density at radius 1 is 1.39 bits per heavy atom. The van der Waals surface area contributed by atoms with Gasteiger partial charge in [-0.3, -0.25) is 9.78 Å². The Morgan fingerprint density at radius 3 is 2.67 bits per heavy atom. The van der Waals surface area contributed by atoms with Crippen LogP contribution in [0.15, 0.2) is 36.7 Å². The summed E-state index contributed by atoms with van der Waals surface area (Å²) in [7, 11) is 0. The Bertz CT molecular complexity index is 500. The molecule has 2 unspecified atom stereocenters. The second-order valence-corrected chi connectivity index (χ2v) is 4.67. The third-order valence-corrected chi connectivity index (χ3v) is 3.31. The number of allylic oxidation sites excluding steroid dienone is 4. The Labute approximate surface area is 109 Å². The molecule has 1 aromatic rings. The largest absolute Gasteiger partial charge is 0.299 e. The van der Waals surface area contributed by atoms with Crippen molar-refractivity contribution in [3.8, 4) is 0 Å². The predicted molar refractivity (Wildman–Crippen MR) is 76.2 cm³/mol. The fourth-order valence-electron chi connectivity index (χ4n) is 2.28. The Balaban J connectivity index is 0.00000162. The lowest BCUT2D eigenvalue weighted by atomic mass is 9.83. The van der Waals surface area contributed by atoms with E-state index >= 15 is 0 Å². The Hall–Kier alpha value is -1.70. The summed E-state index contributed by atoms with van der Waals surface area (Å²) in [5, 5.41) is 0. The fourth-order valence-corrected chi connectivity index (χ4v) is 2.28. The van der Waals surface area contributed by atoms with Gasteiger partial charge in [0, 0.05) is 23.9 Å². The molecule has 0 aromatic carbocycles. The monoisotopic (exact) mass is 243 g/mol. The molecule has 0 spiro atoms. The van der Waals surface area contributed by atoms with Gasteiger partial charge in [-0.25, -0.2) is 0 Å². The van der Waals surface area contributed by atoms with Crippen LogP contribution in [0.1, 0.15) is 32.4 Å². The van der Waals surface area contributed by atoms with Crippen LogP contribution in [0, 0.1) is 18.8 Å². The van der Waals surface area contributed by atoms with Gasteiger partial charge < -0.3 is 0 Å². The van der Waals surface area contributed by atoms with E-state index in [9.17, 15) is 4.79 Å². The van der Waals surface area contributed by atoms with Crippen LogP contribution in [0.5, 0.6) is 0 Å². The van der Waals surface area contributed by atoms with Gasteiger partial charge in [0.2, 0.25) is 0 Å². The van der Waals surface area contributed by atoms with Crippen LogP contribution in [0.3, 0.4) is 0 Å². The molecule has 96 valence electrons. The van der Waals surface area contributed by atoms with Crippen LogP contribution in [-0.4, -0.2) is 10.8 Å². The number of pyridine rings is 1. The third-order valence-electron chi connectivity index (χ3n) is 3.31.